The summed E-state index contributed by atoms with van der Waals surface area (Å²) in [5, 5.41) is 3.32. The van der Waals surface area contributed by atoms with E-state index < -0.39 is 0 Å². The number of thioether (sulfide) groups is 1. The number of rotatable bonds is 5. The Morgan fingerprint density at radius 2 is 1.96 bits per heavy atom. The molecule has 1 amide bonds. The minimum Gasteiger partial charge on any atom is -0.324 e. The Balaban J connectivity index is 1.74. The molecule has 0 aliphatic heterocycles. The summed E-state index contributed by atoms with van der Waals surface area (Å²) in [6.07, 6.45) is 0. The van der Waals surface area contributed by atoms with Crippen molar-refractivity contribution in [3.63, 3.8) is 0 Å². The number of nitrogens with one attached hydrogen (secondary N) is 1. The van der Waals surface area contributed by atoms with E-state index in [4.69, 9.17) is 23.2 Å². The SMILES string of the molecule is O=C(CSc1sc(Cl)nc1-c1ccc(Br)cc1Br)Nc1ccccc1Cl. The van der Waals surface area contributed by atoms with E-state index >= 15 is 0 Å². The Bertz CT molecular complexity index is 966. The molecular formula is C17H10Br2Cl2N2OS2. The molecule has 0 saturated heterocycles. The summed E-state index contributed by atoms with van der Waals surface area (Å²) in [6.45, 7) is 0. The molecule has 3 aromatic rings. The first kappa shape index (κ1) is 20.2. The number of hydrogen-bond donors (Lipinski definition) is 1. The van der Waals surface area contributed by atoms with Gasteiger partial charge in [-0.05, 0) is 24.3 Å². The third kappa shape index (κ3) is 5.03. The maximum absolute atomic E-state index is 12.2. The number of para-hydroxylation sites is 1. The molecule has 3 rings (SSSR count). The van der Waals surface area contributed by atoms with Crippen LogP contribution in [0.1, 0.15) is 0 Å². The minimum atomic E-state index is -0.145. The van der Waals surface area contributed by atoms with Gasteiger partial charge in [-0.15, -0.1) is 11.8 Å². The van der Waals surface area contributed by atoms with E-state index in [2.05, 4.69) is 42.2 Å². The Morgan fingerprint density at radius 3 is 2.69 bits per heavy atom. The number of anilines is 1. The molecule has 0 aliphatic rings. The van der Waals surface area contributed by atoms with Crippen LogP contribution in [0, 0.1) is 0 Å². The Labute approximate surface area is 185 Å². The molecule has 0 saturated carbocycles. The lowest BCUT2D eigenvalue weighted by molar-refractivity contribution is -0.113. The molecule has 0 fully saturated rings. The maximum Gasteiger partial charge on any atom is 0.234 e. The van der Waals surface area contributed by atoms with Crippen LogP contribution in [-0.2, 0) is 4.79 Å². The molecule has 0 unspecified atom stereocenters. The van der Waals surface area contributed by atoms with Gasteiger partial charge in [0.1, 0.15) is 0 Å². The summed E-state index contributed by atoms with van der Waals surface area (Å²) >= 11 is 21.9. The predicted octanol–water partition coefficient (Wildman–Crippen LogP) is 7.37. The van der Waals surface area contributed by atoms with Crippen molar-refractivity contribution in [2.75, 3.05) is 11.1 Å². The molecule has 134 valence electrons. The van der Waals surface area contributed by atoms with Crippen molar-refractivity contribution in [3.8, 4) is 11.3 Å². The fraction of sp³-hybridized carbons (Fsp3) is 0.0588. The molecule has 26 heavy (non-hydrogen) atoms. The van der Waals surface area contributed by atoms with Crippen LogP contribution in [0.15, 0.2) is 55.6 Å². The standard InChI is InChI=1S/C17H10Br2Cl2N2OS2/c18-9-5-6-10(11(19)7-9)15-16(26-17(21)23-15)25-8-14(24)22-13-4-2-1-3-12(13)20/h1-7H,8H2,(H,22,24). The van der Waals surface area contributed by atoms with E-state index in [-0.39, 0.29) is 11.7 Å². The zero-order valence-electron chi connectivity index (χ0n) is 12.9. The van der Waals surface area contributed by atoms with Gasteiger partial charge in [0.05, 0.1) is 26.4 Å². The number of carbonyl (C=O) groups excluding carboxylic acids is 1. The third-order valence-electron chi connectivity index (χ3n) is 3.24. The number of thiazole rings is 1. The molecule has 1 N–H and O–H groups in total. The normalized spacial score (nSPS) is 10.8. The molecule has 0 spiro atoms. The largest absolute Gasteiger partial charge is 0.324 e. The van der Waals surface area contributed by atoms with E-state index in [9.17, 15) is 4.79 Å². The quantitative estimate of drug-likeness (QED) is 0.336. The molecule has 3 nitrogen and oxygen atoms in total. The number of aromatic nitrogens is 1. The van der Waals surface area contributed by atoms with Crippen LogP contribution >= 0.6 is 78.2 Å². The molecular weight excluding hydrogens is 543 g/mol. The molecule has 2 aromatic carbocycles. The summed E-state index contributed by atoms with van der Waals surface area (Å²) in [7, 11) is 0. The Hall–Kier alpha value is -0.570. The first-order valence-corrected chi connectivity index (χ1v) is 11.4. The van der Waals surface area contributed by atoms with E-state index in [1.54, 1.807) is 12.1 Å². The molecule has 1 aromatic heterocycles. The monoisotopic (exact) mass is 550 g/mol. The molecule has 9 heteroatoms. The van der Waals surface area contributed by atoms with Crippen LogP contribution in [0.2, 0.25) is 9.49 Å². The summed E-state index contributed by atoms with van der Waals surface area (Å²) in [6, 6.07) is 13.0. The van der Waals surface area contributed by atoms with Gasteiger partial charge >= 0.3 is 0 Å². The number of nitrogens with zero attached hydrogens (tertiary/aromatic N) is 1. The number of benzene rings is 2. The first-order chi connectivity index (χ1) is 12.4. The molecule has 0 aliphatic carbocycles. The van der Waals surface area contributed by atoms with Gasteiger partial charge in [-0.1, -0.05) is 84.6 Å². The van der Waals surface area contributed by atoms with E-state index in [1.807, 2.05) is 30.3 Å². The molecule has 0 atom stereocenters. The zero-order chi connectivity index (χ0) is 18.7. The molecule has 1 heterocycles. The van der Waals surface area contributed by atoms with Crippen LogP contribution in [0.4, 0.5) is 5.69 Å². The van der Waals surface area contributed by atoms with Crippen molar-refractivity contribution >= 4 is 89.8 Å². The van der Waals surface area contributed by atoms with Crippen molar-refractivity contribution in [1.82, 2.24) is 4.98 Å². The van der Waals surface area contributed by atoms with Crippen molar-refractivity contribution < 1.29 is 4.79 Å². The van der Waals surface area contributed by atoms with Crippen LogP contribution in [0.25, 0.3) is 11.3 Å². The zero-order valence-corrected chi connectivity index (χ0v) is 19.2. The molecule has 0 radical (unpaired) electrons. The highest BCUT2D eigenvalue weighted by Gasteiger charge is 2.17. The smallest absolute Gasteiger partial charge is 0.234 e. The summed E-state index contributed by atoms with van der Waals surface area (Å²) in [5.74, 6) is 0.0821. The number of carbonyl (C=O) groups is 1. The number of amides is 1. The van der Waals surface area contributed by atoms with Gasteiger partial charge in [0, 0.05) is 14.5 Å². The number of halogens is 4. The highest BCUT2D eigenvalue weighted by molar-refractivity contribution is 9.11. The van der Waals surface area contributed by atoms with E-state index in [0.717, 1.165) is 24.4 Å². The second kappa shape index (κ2) is 9.08. The van der Waals surface area contributed by atoms with E-state index in [0.29, 0.717) is 15.2 Å². The second-order valence-corrected chi connectivity index (χ2v) is 10.0. The van der Waals surface area contributed by atoms with Crippen LogP contribution in [-0.4, -0.2) is 16.6 Å². The lowest BCUT2D eigenvalue weighted by atomic mass is 10.2. The maximum atomic E-state index is 12.2. The van der Waals surface area contributed by atoms with Gasteiger partial charge in [0.25, 0.3) is 0 Å². The summed E-state index contributed by atoms with van der Waals surface area (Å²) in [5.41, 5.74) is 2.28. The van der Waals surface area contributed by atoms with Gasteiger partial charge in [0.15, 0.2) is 4.47 Å². The van der Waals surface area contributed by atoms with Crippen molar-refractivity contribution in [2.24, 2.45) is 0 Å². The highest BCUT2D eigenvalue weighted by atomic mass is 79.9. The van der Waals surface area contributed by atoms with Crippen molar-refractivity contribution in [1.29, 1.82) is 0 Å². The van der Waals surface area contributed by atoms with Gasteiger partial charge < -0.3 is 5.32 Å². The summed E-state index contributed by atoms with van der Waals surface area (Å²) in [4.78, 5) is 16.7. The Kier molecular flexibility index (Phi) is 7.05. The van der Waals surface area contributed by atoms with E-state index in [1.165, 1.54) is 23.1 Å². The number of hydrogen-bond acceptors (Lipinski definition) is 4. The van der Waals surface area contributed by atoms with Gasteiger partial charge in [-0.25, -0.2) is 4.98 Å². The predicted molar refractivity (Wildman–Crippen MR) is 119 cm³/mol. The lowest BCUT2D eigenvalue weighted by Crippen LogP contribution is -2.14. The van der Waals surface area contributed by atoms with Crippen molar-refractivity contribution in [3.05, 3.63) is 60.9 Å². The second-order valence-electron chi connectivity index (χ2n) is 5.04. The fourth-order valence-corrected chi connectivity index (χ4v) is 5.80. The van der Waals surface area contributed by atoms with Crippen LogP contribution in [0.5, 0.6) is 0 Å². The average molecular weight is 553 g/mol. The first-order valence-electron chi connectivity index (χ1n) is 7.23. The van der Waals surface area contributed by atoms with Crippen LogP contribution in [0.3, 0.4) is 0 Å². The lowest BCUT2D eigenvalue weighted by Gasteiger charge is -2.07. The third-order valence-corrected chi connectivity index (χ3v) is 7.14. The Morgan fingerprint density at radius 1 is 1.19 bits per heavy atom. The minimum absolute atomic E-state index is 0.145. The molecule has 0 bridgehead atoms. The van der Waals surface area contributed by atoms with Crippen LogP contribution < -0.4 is 5.32 Å². The fourth-order valence-electron chi connectivity index (χ4n) is 2.11. The van der Waals surface area contributed by atoms with Gasteiger partial charge in [0.2, 0.25) is 5.91 Å². The van der Waals surface area contributed by atoms with Gasteiger partial charge in [-0.3, -0.25) is 4.79 Å². The highest BCUT2D eigenvalue weighted by Crippen LogP contribution is 2.41. The summed E-state index contributed by atoms with van der Waals surface area (Å²) < 4.78 is 3.18. The van der Waals surface area contributed by atoms with Crippen molar-refractivity contribution in [2.45, 2.75) is 4.21 Å². The van der Waals surface area contributed by atoms with Gasteiger partial charge in [-0.2, -0.15) is 0 Å². The average Bonchev–Trinajstić information content (AvgIpc) is 2.95. The topological polar surface area (TPSA) is 42.0 Å².